The lowest BCUT2D eigenvalue weighted by molar-refractivity contribution is -0.141. The van der Waals surface area contributed by atoms with Gasteiger partial charge in [0.25, 0.3) is 0 Å². The highest BCUT2D eigenvalue weighted by atomic mass is 16.2. The molecule has 7 nitrogen and oxygen atoms in total. The molecular formula is C13H21N5O2. The van der Waals surface area contributed by atoms with Gasteiger partial charge in [-0.05, 0) is 12.8 Å². The molecule has 1 fully saturated rings. The summed E-state index contributed by atoms with van der Waals surface area (Å²) >= 11 is 0. The number of aryl methyl sites for hydroxylation is 1. The second-order valence-corrected chi connectivity index (χ2v) is 5.04. The maximum Gasteiger partial charge on any atom is 0.247 e. The van der Waals surface area contributed by atoms with Crippen LogP contribution in [0.4, 0.5) is 0 Å². The summed E-state index contributed by atoms with van der Waals surface area (Å²) in [6.45, 7) is 4.38. The van der Waals surface area contributed by atoms with Gasteiger partial charge in [-0.25, -0.2) is 4.98 Å². The van der Waals surface area contributed by atoms with E-state index in [0.717, 1.165) is 12.8 Å². The van der Waals surface area contributed by atoms with Gasteiger partial charge in [0.05, 0.1) is 19.0 Å². The topological polar surface area (TPSA) is 80.1 Å². The van der Waals surface area contributed by atoms with Gasteiger partial charge < -0.3 is 0 Å². The van der Waals surface area contributed by atoms with Crippen LogP contribution in [0.15, 0.2) is 6.33 Å². The van der Waals surface area contributed by atoms with Crippen molar-refractivity contribution < 1.29 is 9.59 Å². The highest BCUT2D eigenvalue weighted by Crippen LogP contribution is 2.20. The molecule has 0 radical (unpaired) electrons. The molecule has 2 amide bonds. The lowest BCUT2D eigenvalue weighted by Gasteiger charge is -2.24. The van der Waals surface area contributed by atoms with E-state index in [4.69, 9.17) is 0 Å². The van der Waals surface area contributed by atoms with Crippen LogP contribution in [0.5, 0.6) is 0 Å². The third-order valence-corrected chi connectivity index (χ3v) is 3.64. The molecule has 7 heteroatoms. The molecule has 0 aromatic carbocycles. The van der Waals surface area contributed by atoms with E-state index >= 15 is 0 Å². The predicted octanol–water partition coefficient (Wildman–Crippen LogP) is 0.221. The summed E-state index contributed by atoms with van der Waals surface area (Å²) in [6.07, 6.45) is 3.42. The highest BCUT2D eigenvalue weighted by molar-refractivity contribution is 6.05. The Balaban J connectivity index is 1.97. The zero-order valence-corrected chi connectivity index (χ0v) is 12.2. The first kappa shape index (κ1) is 14.6. The summed E-state index contributed by atoms with van der Waals surface area (Å²) in [5, 5.41) is 7.21. The van der Waals surface area contributed by atoms with Gasteiger partial charge in [0.1, 0.15) is 6.33 Å². The molecule has 1 aromatic heterocycles. The highest BCUT2D eigenvalue weighted by Gasteiger charge is 2.41. The minimum atomic E-state index is -0.452. The summed E-state index contributed by atoms with van der Waals surface area (Å²) < 4.78 is 1.61. The van der Waals surface area contributed by atoms with E-state index < -0.39 is 6.04 Å². The zero-order valence-electron chi connectivity index (χ0n) is 12.2. The normalized spacial score (nSPS) is 19.4. The van der Waals surface area contributed by atoms with Crippen LogP contribution in [0.2, 0.25) is 0 Å². The summed E-state index contributed by atoms with van der Waals surface area (Å²) in [6, 6.07) is -0.443. The van der Waals surface area contributed by atoms with E-state index in [-0.39, 0.29) is 24.3 Å². The molecule has 0 saturated carbocycles. The van der Waals surface area contributed by atoms with Crippen molar-refractivity contribution in [2.24, 2.45) is 7.05 Å². The molecule has 1 atom stereocenters. The molecule has 2 heterocycles. The molecule has 20 heavy (non-hydrogen) atoms. The maximum absolute atomic E-state index is 12.3. The van der Waals surface area contributed by atoms with Crippen LogP contribution in [0.1, 0.15) is 38.9 Å². The molecule has 1 aliphatic heterocycles. The number of nitrogens with zero attached hydrogens (tertiary/aromatic N) is 4. The Bertz CT molecular complexity index is 495. The van der Waals surface area contributed by atoms with Gasteiger partial charge in [-0.15, -0.1) is 0 Å². The summed E-state index contributed by atoms with van der Waals surface area (Å²) in [5.41, 5.74) is 0. The molecule has 1 aromatic rings. The number of nitrogens with one attached hydrogen (secondary N) is 1. The lowest BCUT2D eigenvalue weighted by Crippen LogP contribution is -2.43. The zero-order chi connectivity index (χ0) is 14.7. The smallest absolute Gasteiger partial charge is 0.247 e. The standard InChI is InChI=1S/C13H21N5O2/c1-4-9(5-2)18-12(19)6-10(13(18)20)14-7-11-15-8-17(3)16-11/h8-10,14H,4-7H2,1-3H3. The quantitative estimate of drug-likeness (QED) is 0.754. The van der Waals surface area contributed by atoms with Crippen LogP contribution in [0, 0.1) is 0 Å². The van der Waals surface area contributed by atoms with Gasteiger partial charge in [0.2, 0.25) is 11.8 Å². The number of imide groups is 1. The second-order valence-electron chi connectivity index (χ2n) is 5.04. The first-order valence-corrected chi connectivity index (χ1v) is 7.00. The van der Waals surface area contributed by atoms with Crippen molar-refractivity contribution in [3.8, 4) is 0 Å². The van der Waals surface area contributed by atoms with Gasteiger partial charge in [0.15, 0.2) is 5.82 Å². The number of rotatable bonds is 6. The number of hydrogen-bond donors (Lipinski definition) is 1. The van der Waals surface area contributed by atoms with Crippen LogP contribution in [-0.4, -0.2) is 43.6 Å². The third-order valence-electron chi connectivity index (χ3n) is 3.64. The number of carbonyl (C=O) groups excluding carboxylic acids is 2. The molecule has 0 spiro atoms. The second kappa shape index (κ2) is 6.13. The van der Waals surface area contributed by atoms with Crippen LogP contribution in [-0.2, 0) is 23.2 Å². The van der Waals surface area contributed by atoms with Gasteiger partial charge in [-0.1, -0.05) is 13.8 Å². The fourth-order valence-corrected chi connectivity index (χ4v) is 2.53. The van der Waals surface area contributed by atoms with E-state index in [9.17, 15) is 9.59 Å². The van der Waals surface area contributed by atoms with Crippen molar-refractivity contribution in [2.45, 2.75) is 51.7 Å². The Morgan fingerprint density at radius 2 is 2.10 bits per heavy atom. The van der Waals surface area contributed by atoms with Crippen LogP contribution >= 0.6 is 0 Å². The number of amides is 2. The van der Waals surface area contributed by atoms with Crippen LogP contribution < -0.4 is 5.32 Å². The van der Waals surface area contributed by atoms with E-state index in [0.29, 0.717) is 12.4 Å². The fourth-order valence-electron chi connectivity index (χ4n) is 2.53. The Morgan fingerprint density at radius 1 is 1.40 bits per heavy atom. The first-order chi connectivity index (χ1) is 9.56. The van der Waals surface area contributed by atoms with Crippen molar-refractivity contribution in [3.05, 3.63) is 12.2 Å². The monoisotopic (exact) mass is 279 g/mol. The van der Waals surface area contributed by atoms with Gasteiger partial charge in [-0.2, -0.15) is 5.10 Å². The van der Waals surface area contributed by atoms with Crippen molar-refractivity contribution in [1.82, 2.24) is 25.0 Å². The average molecular weight is 279 g/mol. The Kier molecular flexibility index (Phi) is 4.49. The maximum atomic E-state index is 12.3. The minimum absolute atomic E-state index is 0.00905. The molecule has 2 rings (SSSR count). The molecule has 0 bridgehead atoms. The molecule has 110 valence electrons. The van der Waals surface area contributed by atoms with Gasteiger partial charge >= 0.3 is 0 Å². The summed E-state index contributed by atoms with van der Waals surface area (Å²) in [5.74, 6) is 0.406. The number of aromatic nitrogens is 3. The van der Waals surface area contributed by atoms with Gasteiger partial charge in [-0.3, -0.25) is 24.5 Å². The van der Waals surface area contributed by atoms with E-state index in [1.807, 2.05) is 13.8 Å². The Hall–Kier alpha value is -1.76. The number of carbonyl (C=O) groups is 2. The molecule has 1 unspecified atom stereocenters. The SMILES string of the molecule is CCC(CC)N1C(=O)CC(NCc2ncn(C)n2)C1=O. The molecule has 1 saturated heterocycles. The molecule has 1 aliphatic rings. The van der Waals surface area contributed by atoms with Crippen LogP contribution in [0.3, 0.4) is 0 Å². The van der Waals surface area contributed by atoms with Crippen molar-refractivity contribution in [2.75, 3.05) is 0 Å². The number of likely N-dealkylation sites (tertiary alicyclic amines) is 1. The van der Waals surface area contributed by atoms with Crippen molar-refractivity contribution >= 4 is 11.8 Å². The molecular weight excluding hydrogens is 258 g/mol. The summed E-state index contributed by atoms with van der Waals surface area (Å²) in [4.78, 5) is 29.8. The molecule has 0 aliphatic carbocycles. The van der Waals surface area contributed by atoms with E-state index in [1.54, 1.807) is 18.1 Å². The average Bonchev–Trinajstić information content (AvgIpc) is 2.95. The van der Waals surface area contributed by atoms with Crippen molar-refractivity contribution in [3.63, 3.8) is 0 Å². The summed E-state index contributed by atoms with van der Waals surface area (Å²) in [7, 11) is 1.79. The van der Waals surface area contributed by atoms with Gasteiger partial charge in [0, 0.05) is 13.1 Å². The van der Waals surface area contributed by atoms with Crippen LogP contribution in [0.25, 0.3) is 0 Å². The Morgan fingerprint density at radius 3 is 2.65 bits per heavy atom. The fraction of sp³-hybridized carbons (Fsp3) is 0.692. The lowest BCUT2D eigenvalue weighted by atomic mass is 10.1. The van der Waals surface area contributed by atoms with E-state index in [2.05, 4.69) is 15.4 Å². The first-order valence-electron chi connectivity index (χ1n) is 7.00. The minimum Gasteiger partial charge on any atom is -0.298 e. The third kappa shape index (κ3) is 2.87. The largest absolute Gasteiger partial charge is 0.298 e. The molecule has 1 N–H and O–H groups in total. The predicted molar refractivity (Wildman–Crippen MR) is 72.5 cm³/mol. The Labute approximate surface area is 118 Å². The number of hydrogen-bond acceptors (Lipinski definition) is 5. The van der Waals surface area contributed by atoms with Crippen molar-refractivity contribution in [1.29, 1.82) is 0 Å². The van der Waals surface area contributed by atoms with E-state index in [1.165, 1.54) is 4.90 Å².